The number of Topliss-reactive ketones (excluding diaryl/α,β-unsaturated/α-hetero) is 1. The van der Waals surface area contributed by atoms with Crippen LogP contribution in [0.1, 0.15) is 6.92 Å². The monoisotopic (exact) mass is 280 g/mol. The highest BCUT2D eigenvalue weighted by Crippen LogP contribution is 2.24. The number of allylic oxidation sites excluding steroid dienone is 1. The van der Waals surface area contributed by atoms with Gasteiger partial charge < -0.3 is 4.74 Å². The summed E-state index contributed by atoms with van der Waals surface area (Å²) < 4.78 is 5.82. The molecule has 0 atom stereocenters. The summed E-state index contributed by atoms with van der Waals surface area (Å²) in [7, 11) is 0. The maximum atomic E-state index is 10.9. The van der Waals surface area contributed by atoms with E-state index in [1.807, 2.05) is 0 Å². The molecule has 0 radical (unpaired) electrons. The fourth-order valence-corrected chi connectivity index (χ4v) is 1.14. The standard InChI is InChI=1S/C7H6Br2O2/c1-4-2-6(7(8)9)11-3-5(4)10/h2H,3H2,1H3. The number of halogens is 2. The quantitative estimate of drug-likeness (QED) is 0.682. The van der Waals surface area contributed by atoms with Crippen LogP contribution in [0.25, 0.3) is 0 Å². The molecule has 0 aromatic heterocycles. The Kier molecular flexibility index (Phi) is 2.90. The molecule has 60 valence electrons. The molecule has 1 aliphatic rings. The van der Waals surface area contributed by atoms with Gasteiger partial charge >= 0.3 is 0 Å². The van der Waals surface area contributed by atoms with Crippen molar-refractivity contribution in [1.29, 1.82) is 0 Å². The first kappa shape index (κ1) is 9.00. The van der Waals surface area contributed by atoms with Crippen LogP contribution in [-0.4, -0.2) is 12.4 Å². The van der Waals surface area contributed by atoms with E-state index in [0.717, 1.165) is 8.96 Å². The topological polar surface area (TPSA) is 26.3 Å². The van der Waals surface area contributed by atoms with Gasteiger partial charge in [-0.2, -0.15) is 0 Å². The van der Waals surface area contributed by atoms with E-state index in [1.165, 1.54) is 0 Å². The third-order valence-corrected chi connectivity index (χ3v) is 2.11. The van der Waals surface area contributed by atoms with Crippen molar-refractivity contribution in [3.05, 3.63) is 20.8 Å². The Labute approximate surface area is 81.6 Å². The molecule has 0 unspecified atom stereocenters. The van der Waals surface area contributed by atoms with Gasteiger partial charge in [-0.15, -0.1) is 0 Å². The number of hydrogen-bond donors (Lipinski definition) is 0. The van der Waals surface area contributed by atoms with Crippen LogP contribution in [0.2, 0.25) is 0 Å². The van der Waals surface area contributed by atoms with E-state index in [0.29, 0.717) is 5.76 Å². The second-order valence-corrected chi connectivity index (χ2v) is 4.81. The molecule has 0 fully saturated rings. The van der Waals surface area contributed by atoms with Crippen molar-refractivity contribution < 1.29 is 9.53 Å². The predicted octanol–water partition coefficient (Wildman–Crippen LogP) is 2.49. The van der Waals surface area contributed by atoms with Crippen LogP contribution >= 0.6 is 31.9 Å². The molecule has 0 amide bonds. The first-order valence-electron chi connectivity index (χ1n) is 3.01. The molecule has 2 nitrogen and oxygen atoms in total. The van der Waals surface area contributed by atoms with E-state index in [-0.39, 0.29) is 12.4 Å². The lowest BCUT2D eigenvalue weighted by molar-refractivity contribution is -0.119. The number of ether oxygens (including phenoxy) is 1. The molecule has 1 rings (SSSR count). The normalized spacial score (nSPS) is 17.5. The molecule has 1 heterocycles. The van der Waals surface area contributed by atoms with Gasteiger partial charge in [0.15, 0.2) is 12.4 Å². The van der Waals surface area contributed by atoms with Crippen LogP contribution < -0.4 is 0 Å². The smallest absolute Gasteiger partial charge is 0.196 e. The average Bonchev–Trinajstić information content (AvgIpc) is 1.94. The Morgan fingerprint density at radius 3 is 2.73 bits per heavy atom. The van der Waals surface area contributed by atoms with Crippen molar-refractivity contribution in [2.45, 2.75) is 6.92 Å². The van der Waals surface area contributed by atoms with Gasteiger partial charge in [0.2, 0.25) is 0 Å². The van der Waals surface area contributed by atoms with E-state index in [9.17, 15) is 4.79 Å². The third kappa shape index (κ3) is 2.17. The van der Waals surface area contributed by atoms with Crippen molar-refractivity contribution >= 4 is 37.6 Å². The van der Waals surface area contributed by atoms with Gasteiger partial charge in [-0.3, -0.25) is 4.79 Å². The highest BCUT2D eigenvalue weighted by molar-refractivity contribution is 9.28. The molecule has 0 saturated heterocycles. The van der Waals surface area contributed by atoms with Crippen LogP contribution in [0.3, 0.4) is 0 Å². The van der Waals surface area contributed by atoms with E-state index in [2.05, 4.69) is 31.9 Å². The van der Waals surface area contributed by atoms with E-state index in [4.69, 9.17) is 4.74 Å². The Morgan fingerprint density at radius 2 is 2.27 bits per heavy atom. The summed E-state index contributed by atoms with van der Waals surface area (Å²) in [6.45, 7) is 1.91. The average molecular weight is 282 g/mol. The zero-order valence-electron chi connectivity index (χ0n) is 5.86. The van der Waals surface area contributed by atoms with Crippen LogP contribution in [0.15, 0.2) is 20.8 Å². The lowest BCUT2D eigenvalue weighted by Crippen LogP contribution is -2.14. The number of hydrogen-bond acceptors (Lipinski definition) is 2. The van der Waals surface area contributed by atoms with Crippen LogP contribution in [0.4, 0.5) is 0 Å². The summed E-state index contributed by atoms with van der Waals surface area (Å²) in [6.07, 6.45) is 1.70. The largest absolute Gasteiger partial charge is 0.484 e. The van der Waals surface area contributed by atoms with Crippen molar-refractivity contribution in [1.82, 2.24) is 0 Å². The van der Waals surface area contributed by atoms with Gasteiger partial charge in [-0.25, -0.2) is 0 Å². The minimum atomic E-state index is 0.0370. The highest BCUT2D eigenvalue weighted by Gasteiger charge is 2.14. The van der Waals surface area contributed by atoms with Crippen LogP contribution in [-0.2, 0) is 9.53 Å². The fourth-order valence-electron chi connectivity index (χ4n) is 0.685. The minimum absolute atomic E-state index is 0.0370. The first-order valence-corrected chi connectivity index (χ1v) is 4.59. The number of ketones is 1. The summed E-state index contributed by atoms with van der Waals surface area (Å²) in [6, 6.07) is 0. The SMILES string of the molecule is CC1=CC(=C(Br)Br)OCC1=O. The molecular formula is C7H6Br2O2. The Hall–Kier alpha value is -0.0900. The van der Waals surface area contributed by atoms with E-state index < -0.39 is 0 Å². The lowest BCUT2D eigenvalue weighted by Gasteiger charge is -2.12. The van der Waals surface area contributed by atoms with Gasteiger partial charge in [0.25, 0.3) is 0 Å². The van der Waals surface area contributed by atoms with Crippen molar-refractivity contribution in [2.24, 2.45) is 0 Å². The van der Waals surface area contributed by atoms with Crippen LogP contribution in [0, 0.1) is 0 Å². The maximum absolute atomic E-state index is 10.9. The summed E-state index contributed by atoms with van der Waals surface area (Å²) in [5, 5.41) is 0. The van der Waals surface area contributed by atoms with Gasteiger partial charge in [0, 0.05) is 0 Å². The van der Waals surface area contributed by atoms with Gasteiger partial charge in [0.1, 0.15) is 9.15 Å². The molecule has 0 saturated carbocycles. The van der Waals surface area contributed by atoms with Crippen molar-refractivity contribution in [3.63, 3.8) is 0 Å². The molecule has 0 bridgehead atoms. The molecule has 0 aromatic carbocycles. The lowest BCUT2D eigenvalue weighted by atomic mass is 10.1. The minimum Gasteiger partial charge on any atom is -0.484 e. The Balaban J connectivity index is 2.95. The first-order chi connectivity index (χ1) is 5.11. The summed E-state index contributed by atoms with van der Waals surface area (Å²) >= 11 is 6.40. The van der Waals surface area contributed by atoms with Crippen molar-refractivity contribution in [3.8, 4) is 0 Å². The zero-order chi connectivity index (χ0) is 8.43. The van der Waals surface area contributed by atoms with Crippen LogP contribution in [0.5, 0.6) is 0 Å². The highest BCUT2D eigenvalue weighted by atomic mass is 79.9. The molecule has 11 heavy (non-hydrogen) atoms. The number of carbonyl (C=O) groups is 1. The predicted molar refractivity (Wildman–Crippen MR) is 49.6 cm³/mol. The fraction of sp³-hybridized carbons (Fsp3) is 0.286. The second-order valence-electron chi connectivity index (χ2n) is 2.16. The molecule has 4 heteroatoms. The molecule has 0 aromatic rings. The van der Waals surface area contributed by atoms with Gasteiger partial charge in [-0.1, -0.05) is 0 Å². The molecule has 0 N–H and O–H groups in total. The Morgan fingerprint density at radius 1 is 1.64 bits per heavy atom. The van der Waals surface area contributed by atoms with E-state index in [1.54, 1.807) is 13.0 Å². The van der Waals surface area contributed by atoms with E-state index >= 15 is 0 Å². The maximum Gasteiger partial charge on any atom is 0.196 e. The molecule has 0 spiro atoms. The Bertz CT molecular complexity index is 249. The van der Waals surface area contributed by atoms with Crippen molar-refractivity contribution in [2.75, 3.05) is 6.61 Å². The molecule has 0 aliphatic carbocycles. The molecule has 1 aliphatic heterocycles. The van der Waals surface area contributed by atoms with Gasteiger partial charge in [0.05, 0.1) is 0 Å². The number of rotatable bonds is 0. The summed E-state index contributed by atoms with van der Waals surface area (Å²) in [5.41, 5.74) is 0.725. The third-order valence-electron chi connectivity index (χ3n) is 1.33. The second kappa shape index (κ2) is 3.54. The molecular weight excluding hydrogens is 276 g/mol. The zero-order valence-corrected chi connectivity index (χ0v) is 9.03. The van der Waals surface area contributed by atoms with Gasteiger partial charge in [-0.05, 0) is 50.4 Å². The number of carbonyl (C=O) groups excluding carboxylic acids is 1. The summed E-state index contributed by atoms with van der Waals surface area (Å²) in [5.74, 6) is 0.706. The summed E-state index contributed by atoms with van der Waals surface area (Å²) in [4.78, 5) is 10.9.